The van der Waals surface area contributed by atoms with Gasteiger partial charge in [-0.1, -0.05) is 19.4 Å². The molecule has 0 aliphatic heterocycles. The lowest BCUT2D eigenvalue weighted by atomic mass is 10.1. The van der Waals surface area contributed by atoms with Gasteiger partial charge in [-0.05, 0) is 43.5 Å². The standard InChI is InChI=1S/C15H24N2O/c1-4-5-9-17(10-8-16)15(18)14-7-6-12(2)13(3)11-14/h6-7,11H,4-5,8-10,16H2,1-3H3. The Morgan fingerprint density at radius 3 is 2.50 bits per heavy atom. The molecule has 1 amide bonds. The molecular weight excluding hydrogens is 224 g/mol. The van der Waals surface area contributed by atoms with Crippen molar-refractivity contribution in [3.8, 4) is 0 Å². The first-order valence-electron chi connectivity index (χ1n) is 6.66. The molecule has 100 valence electrons. The van der Waals surface area contributed by atoms with E-state index in [2.05, 4.69) is 13.8 Å². The minimum Gasteiger partial charge on any atom is -0.337 e. The second-order valence-corrected chi connectivity index (χ2v) is 4.73. The molecular formula is C15H24N2O. The molecule has 0 heterocycles. The largest absolute Gasteiger partial charge is 0.337 e. The van der Waals surface area contributed by atoms with Gasteiger partial charge < -0.3 is 10.6 Å². The number of aryl methyl sites for hydroxylation is 2. The van der Waals surface area contributed by atoms with E-state index in [0.29, 0.717) is 13.1 Å². The van der Waals surface area contributed by atoms with Crippen LogP contribution in [0.3, 0.4) is 0 Å². The number of carbonyl (C=O) groups excluding carboxylic acids is 1. The van der Waals surface area contributed by atoms with Crippen molar-refractivity contribution in [2.75, 3.05) is 19.6 Å². The average molecular weight is 248 g/mol. The predicted molar refractivity (Wildman–Crippen MR) is 75.8 cm³/mol. The summed E-state index contributed by atoms with van der Waals surface area (Å²) in [6.07, 6.45) is 2.11. The van der Waals surface area contributed by atoms with Crippen LogP contribution in [0.15, 0.2) is 18.2 Å². The SMILES string of the molecule is CCCCN(CCN)C(=O)c1ccc(C)c(C)c1. The molecule has 3 heteroatoms. The summed E-state index contributed by atoms with van der Waals surface area (Å²) in [7, 11) is 0. The number of benzene rings is 1. The average Bonchev–Trinajstić information content (AvgIpc) is 2.37. The quantitative estimate of drug-likeness (QED) is 0.840. The molecule has 0 bridgehead atoms. The molecule has 0 spiro atoms. The Balaban J connectivity index is 2.83. The van der Waals surface area contributed by atoms with Crippen molar-refractivity contribution in [2.24, 2.45) is 5.73 Å². The molecule has 1 rings (SSSR count). The highest BCUT2D eigenvalue weighted by atomic mass is 16.2. The monoisotopic (exact) mass is 248 g/mol. The molecule has 0 fully saturated rings. The van der Waals surface area contributed by atoms with Gasteiger partial charge in [0.05, 0.1) is 0 Å². The van der Waals surface area contributed by atoms with Crippen LogP contribution in [0.1, 0.15) is 41.3 Å². The van der Waals surface area contributed by atoms with E-state index >= 15 is 0 Å². The van der Waals surface area contributed by atoms with Crippen LogP contribution in [0.25, 0.3) is 0 Å². The number of nitrogens with two attached hydrogens (primary N) is 1. The minimum absolute atomic E-state index is 0.0944. The number of carbonyl (C=O) groups is 1. The van der Waals surface area contributed by atoms with E-state index in [0.717, 1.165) is 30.5 Å². The summed E-state index contributed by atoms with van der Waals surface area (Å²) in [6, 6.07) is 5.87. The molecule has 0 aliphatic rings. The van der Waals surface area contributed by atoms with Gasteiger partial charge in [-0.2, -0.15) is 0 Å². The molecule has 3 nitrogen and oxygen atoms in total. The molecule has 0 radical (unpaired) electrons. The van der Waals surface area contributed by atoms with Crippen LogP contribution in [0, 0.1) is 13.8 Å². The molecule has 0 saturated heterocycles. The van der Waals surface area contributed by atoms with E-state index in [1.807, 2.05) is 30.0 Å². The second kappa shape index (κ2) is 7.17. The maximum absolute atomic E-state index is 12.4. The smallest absolute Gasteiger partial charge is 0.253 e. The zero-order valence-corrected chi connectivity index (χ0v) is 11.7. The van der Waals surface area contributed by atoms with E-state index in [-0.39, 0.29) is 5.91 Å². The highest BCUT2D eigenvalue weighted by molar-refractivity contribution is 5.94. The summed E-state index contributed by atoms with van der Waals surface area (Å²) in [5.74, 6) is 0.0944. The summed E-state index contributed by atoms with van der Waals surface area (Å²) in [5, 5.41) is 0. The van der Waals surface area contributed by atoms with Gasteiger partial charge in [-0.15, -0.1) is 0 Å². The fraction of sp³-hybridized carbons (Fsp3) is 0.533. The van der Waals surface area contributed by atoms with Crippen molar-refractivity contribution >= 4 is 5.91 Å². The number of rotatable bonds is 6. The van der Waals surface area contributed by atoms with Gasteiger partial charge in [0.1, 0.15) is 0 Å². The van der Waals surface area contributed by atoms with Crippen LogP contribution in [0.5, 0.6) is 0 Å². The summed E-state index contributed by atoms with van der Waals surface area (Å²) < 4.78 is 0. The van der Waals surface area contributed by atoms with Crippen LogP contribution < -0.4 is 5.73 Å². The Bertz CT molecular complexity index is 401. The molecule has 0 aliphatic carbocycles. The number of hydrogen-bond acceptors (Lipinski definition) is 2. The van der Waals surface area contributed by atoms with Gasteiger partial charge >= 0.3 is 0 Å². The molecule has 2 N–H and O–H groups in total. The lowest BCUT2D eigenvalue weighted by Gasteiger charge is -2.22. The van der Waals surface area contributed by atoms with Gasteiger partial charge in [-0.25, -0.2) is 0 Å². The maximum atomic E-state index is 12.4. The summed E-state index contributed by atoms with van der Waals surface area (Å²) in [5.41, 5.74) is 8.71. The van der Waals surface area contributed by atoms with E-state index in [4.69, 9.17) is 5.73 Å². The third-order valence-electron chi connectivity index (χ3n) is 3.22. The van der Waals surface area contributed by atoms with Gasteiger partial charge in [0, 0.05) is 25.2 Å². The van der Waals surface area contributed by atoms with Gasteiger partial charge in [-0.3, -0.25) is 4.79 Å². The number of amides is 1. The van der Waals surface area contributed by atoms with Gasteiger partial charge in [0.2, 0.25) is 0 Å². The first kappa shape index (κ1) is 14.7. The number of nitrogens with zero attached hydrogens (tertiary/aromatic N) is 1. The highest BCUT2D eigenvalue weighted by Gasteiger charge is 2.14. The van der Waals surface area contributed by atoms with Crippen molar-refractivity contribution in [1.29, 1.82) is 0 Å². The first-order chi connectivity index (χ1) is 8.60. The lowest BCUT2D eigenvalue weighted by Crippen LogP contribution is -2.36. The zero-order valence-electron chi connectivity index (χ0n) is 11.7. The first-order valence-corrected chi connectivity index (χ1v) is 6.66. The summed E-state index contributed by atoms with van der Waals surface area (Å²) >= 11 is 0. The van der Waals surface area contributed by atoms with Crippen molar-refractivity contribution in [3.63, 3.8) is 0 Å². The number of hydrogen-bond donors (Lipinski definition) is 1. The topological polar surface area (TPSA) is 46.3 Å². The van der Waals surface area contributed by atoms with Gasteiger partial charge in [0.25, 0.3) is 5.91 Å². The lowest BCUT2D eigenvalue weighted by molar-refractivity contribution is 0.0758. The highest BCUT2D eigenvalue weighted by Crippen LogP contribution is 2.12. The third kappa shape index (κ3) is 3.84. The molecule has 18 heavy (non-hydrogen) atoms. The van der Waals surface area contributed by atoms with Crippen LogP contribution in [0.4, 0.5) is 0 Å². The minimum atomic E-state index is 0.0944. The molecule has 1 aromatic carbocycles. The summed E-state index contributed by atoms with van der Waals surface area (Å²) in [6.45, 7) is 8.15. The molecule has 0 saturated carbocycles. The van der Waals surface area contributed by atoms with Crippen molar-refractivity contribution in [2.45, 2.75) is 33.6 Å². The molecule has 1 aromatic rings. The van der Waals surface area contributed by atoms with Crippen molar-refractivity contribution in [3.05, 3.63) is 34.9 Å². The number of unbranched alkanes of at least 4 members (excludes halogenated alkanes) is 1. The van der Waals surface area contributed by atoms with Crippen molar-refractivity contribution in [1.82, 2.24) is 4.90 Å². The van der Waals surface area contributed by atoms with Crippen LogP contribution >= 0.6 is 0 Å². The van der Waals surface area contributed by atoms with E-state index in [1.54, 1.807) is 0 Å². The fourth-order valence-electron chi connectivity index (χ4n) is 1.88. The molecule has 0 unspecified atom stereocenters. The van der Waals surface area contributed by atoms with Gasteiger partial charge in [0.15, 0.2) is 0 Å². The van der Waals surface area contributed by atoms with E-state index in [1.165, 1.54) is 5.56 Å². The van der Waals surface area contributed by atoms with E-state index < -0.39 is 0 Å². The Hall–Kier alpha value is -1.35. The molecule has 0 atom stereocenters. The summed E-state index contributed by atoms with van der Waals surface area (Å²) in [4.78, 5) is 14.2. The Morgan fingerprint density at radius 1 is 1.22 bits per heavy atom. The Morgan fingerprint density at radius 2 is 1.94 bits per heavy atom. The van der Waals surface area contributed by atoms with Crippen LogP contribution in [0.2, 0.25) is 0 Å². The van der Waals surface area contributed by atoms with Crippen molar-refractivity contribution < 1.29 is 4.79 Å². The fourth-order valence-corrected chi connectivity index (χ4v) is 1.88. The molecule has 0 aromatic heterocycles. The Labute approximate surface area is 110 Å². The second-order valence-electron chi connectivity index (χ2n) is 4.73. The third-order valence-corrected chi connectivity index (χ3v) is 3.22. The normalized spacial score (nSPS) is 10.4. The predicted octanol–water partition coefficient (Wildman–Crippen LogP) is 2.50. The zero-order chi connectivity index (χ0) is 13.5. The Kier molecular flexibility index (Phi) is 5.86. The van der Waals surface area contributed by atoms with Crippen LogP contribution in [-0.2, 0) is 0 Å². The van der Waals surface area contributed by atoms with Crippen LogP contribution in [-0.4, -0.2) is 30.4 Å². The van der Waals surface area contributed by atoms with E-state index in [9.17, 15) is 4.79 Å². The maximum Gasteiger partial charge on any atom is 0.253 e.